The molecule has 4 heterocycles. The summed E-state index contributed by atoms with van der Waals surface area (Å²) < 4.78 is 2.12. The van der Waals surface area contributed by atoms with Crippen LogP contribution in [0, 0.1) is 0 Å². The van der Waals surface area contributed by atoms with Crippen LogP contribution in [0.3, 0.4) is 0 Å². The van der Waals surface area contributed by atoms with Crippen molar-refractivity contribution in [1.82, 2.24) is 34.2 Å². The van der Waals surface area contributed by atoms with Gasteiger partial charge in [-0.1, -0.05) is 19.1 Å². The van der Waals surface area contributed by atoms with Gasteiger partial charge in [0.2, 0.25) is 5.95 Å². The summed E-state index contributed by atoms with van der Waals surface area (Å²) in [6, 6.07) is 7.71. The van der Waals surface area contributed by atoms with E-state index in [4.69, 9.17) is 15.0 Å². The molecule has 0 spiro atoms. The van der Waals surface area contributed by atoms with Gasteiger partial charge in [0, 0.05) is 44.8 Å². The molecule has 1 aromatic carbocycles. The van der Waals surface area contributed by atoms with E-state index in [-0.39, 0.29) is 5.91 Å². The Balaban J connectivity index is 1.38. The molecule has 3 aromatic rings. The molecule has 2 aliphatic heterocycles. The lowest BCUT2D eigenvalue weighted by Crippen LogP contribution is -2.46. The lowest BCUT2D eigenvalue weighted by atomic mass is 10.1. The Kier molecular flexibility index (Phi) is 8.51. The van der Waals surface area contributed by atoms with Gasteiger partial charge < -0.3 is 24.2 Å². The van der Waals surface area contributed by atoms with E-state index in [1.54, 1.807) is 0 Å². The number of nitrogens with one attached hydrogen (secondary N) is 1. The van der Waals surface area contributed by atoms with E-state index in [0.717, 1.165) is 81.3 Å². The third-order valence-corrected chi connectivity index (χ3v) is 7.58. The van der Waals surface area contributed by atoms with E-state index in [1.165, 1.54) is 25.9 Å². The van der Waals surface area contributed by atoms with Crippen LogP contribution < -0.4 is 10.2 Å². The Bertz CT molecular complexity index is 1210. The molecule has 2 aromatic heterocycles. The minimum atomic E-state index is -0.206. The number of likely N-dealkylation sites (N-methyl/N-ethyl adjacent to an activating group) is 1. The van der Waals surface area contributed by atoms with Crippen LogP contribution in [-0.2, 0) is 13.1 Å². The maximum Gasteiger partial charge on any atom is 0.258 e. The molecule has 0 atom stereocenters. The summed E-state index contributed by atoms with van der Waals surface area (Å²) in [7, 11) is 4.07. The minimum Gasteiger partial charge on any atom is -0.352 e. The summed E-state index contributed by atoms with van der Waals surface area (Å²) in [6.45, 7) is 12.1. The Morgan fingerprint density at radius 2 is 1.68 bits per heavy atom. The predicted molar refractivity (Wildman–Crippen MR) is 152 cm³/mol. The van der Waals surface area contributed by atoms with Gasteiger partial charge in [-0.3, -0.25) is 10.1 Å². The molecule has 0 saturated carbocycles. The molecule has 38 heavy (non-hydrogen) atoms. The molecule has 2 aliphatic rings. The number of amides is 1. The van der Waals surface area contributed by atoms with Crippen LogP contribution in [0.15, 0.2) is 30.6 Å². The normalized spacial score (nSPS) is 17.1. The summed E-state index contributed by atoms with van der Waals surface area (Å²) in [5, 5.41) is 2.97. The highest BCUT2D eigenvalue weighted by atomic mass is 16.1. The van der Waals surface area contributed by atoms with Gasteiger partial charge in [0.05, 0.1) is 6.33 Å². The number of fused-ring (bicyclic) bond motifs is 1. The van der Waals surface area contributed by atoms with Crippen molar-refractivity contribution < 1.29 is 4.79 Å². The van der Waals surface area contributed by atoms with Gasteiger partial charge in [0.1, 0.15) is 0 Å². The summed E-state index contributed by atoms with van der Waals surface area (Å²) in [4.78, 5) is 36.9. The van der Waals surface area contributed by atoms with Crippen molar-refractivity contribution in [2.75, 3.05) is 76.7 Å². The Labute approximate surface area is 225 Å². The zero-order valence-corrected chi connectivity index (χ0v) is 23.1. The second kappa shape index (κ2) is 12.2. The third kappa shape index (κ3) is 6.31. The van der Waals surface area contributed by atoms with Crippen molar-refractivity contribution in [3.05, 3.63) is 41.7 Å². The van der Waals surface area contributed by atoms with E-state index in [0.29, 0.717) is 11.5 Å². The molecule has 10 nitrogen and oxygen atoms in total. The van der Waals surface area contributed by atoms with Crippen molar-refractivity contribution in [2.24, 2.45) is 0 Å². The SMILES string of the molecule is CCN1CCN(c2nc(NC(=O)c3ccc(CN(C)C)cc3)nc3c2ncn3CCCN2CCCC2)CC1. The maximum atomic E-state index is 13.1. The smallest absolute Gasteiger partial charge is 0.258 e. The van der Waals surface area contributed by atoms with Crippen LogP contribution in [0.1, 0.15) is 42.1 Å². The predicted octanol–water partition coefficient (Wildman–Crippen LogP) is 2.77. The fourth-order valence-corrected chi connectivity index (χ4v) is 5.42. The number of aryl methyl sites for hydroxylation is 1. The van der Waals surface area contributed by atoms with Gasteiger partial charge in [0.15, 0.2) is 17.0 Å². The average molecular weight is 520 g/mol. The zero-order chi connectivity index (χ0) is 26.5. The van der Waals surface area contributed by atoms with Crippen molar-refractivity contribution in [1.29, 1.82) is 0 Å². The van der Waals surface area contributed by atoms with Crippen LogP contribution in [0.4, 0.5) is 11.8 Å². The van der Waals surface area contributed by atoms with Crippen molar-refractivity contribution in [3.63, 3.8) is 0 Å². The highest BCUT2D eigenvalue weighted by Crippen LogP contribution is 2.26. The number of imidazole rings is 1. The van der Waals surface area contributed by atoms with Crippen LogP contribution >= 0.6 is 0 Å². The summed E-state index contributed by atoms with van der Waals surface area (Å²) in [5.41, 5.74) is 3.34. The monoisotopic (exact) mass is 519 g/mol. The van der Waals surface area contributed by atoms with Crippen molar-refractivity contribution in [3.8, 4) is 0 Å². The van der Waals surface area contributed by atoms with Crippen LogP contribution in [0.5, 0.6) is 0 Å². The Morgan fingerprint density at radius 1 is 0.947 bits per heavy atom. The lowest BCUT2D eigenvalue weighted by molar-refractivity contribution is 0.102. The first-order valence-electron chi connectivity index (χ1n) is 14.0. The molecule has 204 valence electrons. The standard InChI is InChI=1S/C28H41N9O/c1-4-34-16-18-36(19-17-34)25-24-26(37(21-29-24)15-7-14-35-12-5-6-13-35)31-28(30-25)32-27(38)23-10-8-22(9-11-23)20-33(2)3/h8-11,21H,4-7,12-20H2,1-3H3,(H,30,31,32,38). The lowest BCUT2D eigenvalue weighted by Gasteiger charge is -2.34. The molecule has 2 saturated heterocycles. The number of aromatic nitrogens is 4. The number of hydrogen-bond donors (Lipinski definition) is 1. The van der Waals surface area contributed by atoms with Gasteiger partial charge in [-0.25, -0.2) is 4.98 Å². The Morgan fingerprint density at radius 3 is 2.37 bits per heavy atom. The third-order valence-electron chi connectivity index (χ3n) is 7.58. The molecule has 0 aliphatic carbocycles. The van der Waals surface area contributed by atoms with Gasteiger partial charge in [0.25, 0.3) is 5.91 Å². The molecule has 0 unspecified atom stereocenters. The molecule has 0 bridgehead atoms. The minimum absolute atomic E-state index is 0.206. The molecule has 1 N–H and O–H groups in total. The average Bonchev–Trinajstić information content (AvgIpc) is 3.59. The second-order valence-electron chi connectivity index (χ2n) is 10.7. The number of hydrogen-bond acceptors (Lipinski definition) is 8. The first kappa shape index (κ1) is 26.5. The molecule has 10 heteroatoms. The zero-order valence-electron chi connectivity index (χ0n) is 23.1. The van der Waals surface area contributed by atoms with Crippen LogP contribution in [0.2, 0.25) is 0 Å². The van der Waals surface area contributed by atoms with Gasteiger partial charge in [-0.05, 0) is 77.2 Å². The number of piperazine rings is 1. The van der Waals surface area contributed by atoms with Crippen LogP contribution in [0.25, 0.3) is 11.2 Å². The van der Waals surface area contributed by atoms with Crippen molar-refractivity contribution in [2.45, 2.75) is 39.3 Å². The van der Waals surface area contributed by atoms with Crippen molar-refractivity contribution >= 4 is 28.8 Å². The quantitative estimate of drug-likeness (QED) is 0.438. The summed E-state index contributed by atoms with van der Waals surface area (Å²) in [6.07, 6.45) is 5.53. The van der Waals surface area contributed by atoms with E-state index >= 15 is 0 Å². The number of carbonyl (C=O) groups is 1. The maximum absolute atomic E-state index is 13.1. The molecular weight excluding hydrogens is 478 g/mol. The first-order valence-corrected chi connectivity index (χ1v) is 14.0. The van der Waals surface area contributed by atoms with E-state index in [9.17, 15) is 4.79 Å². The molecule has 5 rings (SSSR count). The molecule has 2 fully saturated rings. The second-order valence-corrected chi connectivity index (χ2v) is 10.7. The fraction of sp³-hybridized carbons (Fsp3) is 0.571. The fourth-order valence-electron chi connectivity index (χ4n) is 5.42. The van der Waals surface area contributed by atoms with E-state index in [1.807, 2.05) is 44.7 Å². The van der Waals surface area contributed by atoms with Crippen LogP contribution in [-0.4, -0.2) is 107 Å². The Hall–Kier alpha value is -3.08. The van der Waals surface area contributed by atoms with E-state index in [2.05, 4.69) is 36.4 Å². The highest BCUT2D eigenvalue weighted by molar-refractivity contribution is 6.03. The first-order chi connectivity index (χ1) is 18.5. The topological polar surface area (TPSA) is 85.7 Å². The molecule has 1 amide bonds. The highest BCUT2D eigenvalue weighted by Gasteiger charge is 2.23. The number of anilines is 2. The van der Waals surface area contributed by atoms with Gasteiger partial charge in [-0.15, -0.1) is 0 Å². The number of nitrogens with zero attached hydrogens (tertiary/aromatic N) is 8. The number of rotatable bonds is 10. The molecule has 0 radical (unpaired) electrons. The summed E-state index contributed by atoms with van der Waals surface area (Å²) in [5.74, 6) is 0.928. The largest absolute Gasteiger partial charge is 0.352 e. The summed E-state index contributed by atoms with van der Waals surface area (Å²) >= 11 is 0. The molecular formula is C28H41N9O. The van der Waals surface area contributed by atoms with Gasteiger partial charge in [-0.2, -0.15) is 9.97 Å². The number of likely N-dealkylation sites (tertiary alicyclic amines) is 1. The van der Waals surface area contributed by atoms with E-state index < -0.39 is 0 Å². The number of benzene rings is 1. The van der Waals surface area contributed by atoms with Gasteiger partial charge >= 0.3 is 0 Å². The number of carbonyl (C=O) groups excluding carboxylic acids is 1.